The van der Waals surface area contributed by atoms with E-state index in [0.29, 0.717) is 0 Å². The first-order valence-electron chi connectivity index (χ1n) is 5.45. The Labute approximate surface area is 87.2 Å². The standard InChI is InChI=1S/C10H21NO2Si/c1-4-6-11-7-5-9(10(11)12)8-14(2,3)13/h9,13H,4-8H2,1-3H3. The predicted octanol–water partition coefficient (Wildman–Crippen LogP) is 1.44. The summed E-state index contributed by atoms with van der Waals surface area (Å²) in [7, 11) is -2.06. The van der Waals surface area contributed by atoms with Crippen LogP contribution >= 0.6 is 0 Å². The molecular weight excluding hydrogens is 194 g/mol. The molecule has 1 fully saturated rings. The van der Waals surface area contributed by atoms with Crippen molar-refractivity contribution in [2.75, 3.05) is 13.1 Å². The largest absolute Gasteiger partial charge is 0.432 e. The number of nitrogens with zero attached hydrogens (tertiary/aromatic N) is 1. The Balaban J connectivity index is 2.47. The number of amides is 1. The van der Waals surface area contributed by atoms with Crippen LogP contribution in [-0.2, 0) is 4.79 Å². The highest BCUT2D eigenvalue weighted by Gasteiger charge is 2.35. The Morgan fingerprint density at radius 1 is 1.57 bits per heavy atom. The predicted molar refractivity (Wildman–Crippen MR) is 59.5 cm³/mol. The average molecular weight is 215 g/mol. The third-order valence-electron chi connectivity index (χ3n) is 2.65. The molecule has 1 N–H and O–H groups in total. The lowest BCUT2D eigenvalue weighted by Gasteiger charge is -2.19. The first-order chi connectivity index (χ1) is 6.44. The van der Waals surface area contributed by atoms with Crippen LogP contribution in [0.2, 0.25) is 19.1 Å². The second-order valence-corrected chi connectivity index (χ2v) is 8.86. The highest BCUT2D eigenvalue weighted by Crippen LogP contribution is 2.26. The number of carbonyl (C=O) groups excluding carboxylic acids is 1. The van der Waals surface area contributed by atoms with E-state index in [1.54, 1.807) is 0 Å². The fraction of sp³-hybridized carbons (Fsp3) is 0.900. The van der Waals surface area contributed by atoms with Crippen molar-refractivity contribution in [3.8, 4) is 0 Å². The first kappa shape index (κ1) is 11.7. The molecule has 1 aliphatic heterocycles. The van der Waals surface area contributed by atoms with E-state index in [0.717, 1.165) is 32.0 Å². The fourth-order valence-electron chi connectivity index (χ4n) is 2.09. The molecule has 0 aromatic rings. The smallest absolute Gasteiger partial charge is 0.225 e. The third kappa shape index (κ3) is 3.10. The van der Waals surface area contributed by atoms with Gasteiger partial charge >= 0.3 is 0 Å². The van der Waals surface area contributed by atoms with Crippen molar-refractivity contribution in [3.05, 3.63) is 0 Å². The normalized spacial score (nSPS) is 23.3. The molecule has 14 heavy (non-hydrogen) atoms. The van der Waals surface area contributed by atoms with E-state index in [-0.39, 0.29) is 11.8 Å². The number of hydrogen-bond donors (Lipinski definition) is 1. The summed E-state index contributed by atoms with van der Waals surface area (Å²) in [6.45, 7) is 7.67. The van der Waals surface area contributed by atoms with Gasteiger partial charge in [0.1, 0.15) is 0 Å². The molecule has 0 spiro atoms. The maximum atomic E-state index is 11.8. The molecule has 1 unspecified atom stereocenters. The van der Waals surface area contributed by atoms with Crippen LogP contribution in [0.25, 0.3) is 0 Å². The summed E-state index contributed by atoms with van der Waals surface area (Å²) in [5, 5.41) is 0. The highest BCUT2D eigenvalue weighted by atomic mass is 28.4. The minimum absolute atomic E-state index is 0.105. The molecule has 0 radical (unpaired) electrons. The first-order valence-corrected chi connectivity index (χ1v) is 8.60. The van der Waals surface area contributed by atoms with Gasteiger partial charge in [-0.25, -0.2) is 0 Å². The Morgan fingerprint density at radius 3 is 2.71 bits per heavy atom. The molecule has 1 rings (SSSR count). The molecule has 3 nitrogen and oxygen atoms in total. The van der Waals surface area contributed by atoms with Crippen LogP contribution in [0.5, 0.6) is 0 Å². The number of likely N-dealkylation sites (tertiary alicyclic amines) is 1. The van der Waals surface area contributed by atoms with Crippen molar-refractivity contribution < 1.29 is 9.59 Å². The topological polar surface area (TPSA) is 40.5 Å². The van der Waals surface area contributed by atoms with Gasteiger partial charge in [-0.1, -0.05) is 6.92 Å². The van der Waals surface area contributed by atoms with Crippen LogP contribution < -0.4 is 0 Å². The quantitative estimate of drug-likeness (QED) is 0.721. The molecule has 0 bridgehead atoms. The third-order valence-corrected chi connectivity index (χ3v) is 4.14. The van der Waals surface area contributed by atoms with Crippen LogP contribution in [0.1, 0.15) is 19.8 Å². The number of carbonyl (C=O) groups is 1. The highest BCUT2D eigenvalue weighted by molar-refractivity contribution is 6.70. The summed E-state index contributed by atoms with van der Waals surface area (Å²) in [6, 6.07) is 0.728. The Bertz CT molecular complexity index is 213. The molecule has 1 aliphatic rings. The van der Waals surface area contributed by atoms with Crippen molar-refractivity contribution in [2.24, 2.45) is 5.92 Å². The maximum absolute atomic E-state index is 11.8. The molecule has 0 aromatic heterocycles. The molecule has 4 heteroatoms. The van der Waals surface area contributed by atoms with Gasteiger partial charge < -0.3 is 9.70 Å². The Morgan fingerprint density at radius 2 is 2.21 bits per heavy atom. The van der Waals surface area contributed by atoms with Crippen LogP contribution in [0.4, 0.5) is 0 Å². The molecule has 1 amide bonds. The Kier molecular flexibility index (Phi) is 3.72. The van der Waals surface area contributed by atoms with Gasteiger partial charge in [-0.2, -0.15) is 0 Å². The van der Waals surface area contributed by atoms with E-state index in [1.807, 2.05) is 18.0 Å². The van der Waals surface area contributed by atoms with Gasteiger partial charge in [0.15, 0.2) is 8.32 Å². The molecule has 1 atom stereocenters. The lowest BCUT2D eigenvalue weighted by Crippen LogP contribution is -2.33. The minimum Gasteiger partial charge on any atom is -0.432 e. The summed E-state index contributed by atoms with van der Waals surface area (Å²) in [4.78, 5) is 23.5. The molecule has 1 saturated heterocycles. The van der Waals surface area contributed by atoms with Gasteiger partial charge in [0.05, 0.1) is 0 Å². The summed E-state index contributed by atoms with van der Waals surface area (Å²) >= 11 is 0. The molecule has 82 valence electrons. The maximum Gasteiger partial charge on any atom is 0.225 e. The van der Waals surface area contributed by atoms with Crippen LogP contribution in [0.3, 0.4) is 0 Å². The van der Waals surface area contributed by atoms with Crippen molar-refractivity contribution >= 4 is 14.2 Å². The average Bonchev–Trinajstić information content (AvgIpc) is 2.34. The molecule has 0 aliphatic carbocycles. The lowest BCUT2D eigenvalue weighted by atomic mass is 10.1. The molecule has 0 saturated carbocycles. The van der Waals surface area contributed by atoms with E-state index >= 15 is 0 Å². The fourth-order valence-corrected chi connectivity index (χ4v) is 3.67. The van der Waals surface area contributed by atoms with E-state index in [1.165, 1.54) is 0 Å². The SMILES string of the molecule is CCCN1CCC(C[Si](C)(C)O)C1=O. The molecular formula is C10H21NO2Si. The van der Waals surface area contributed by atoms with Gasteiger partial charge in [-0.05, 0) is 32.0 Å². The zero-order chi connectivity index (χ0) is 10.8. The minimum atomic E-state index is -2.06. The monoisotopic (exact) mass is 215 g/mol. The van der Waals surface area contributed by atoms with Gasteiger partial charge in [-0.15, -0.1) is 0 Å². The van der Waals surface area contributed by atoms with E-state index in [9.17, 15) is 9.59 Å². The second kappa shape index (κ2) is 4.44. The second-order valence-electron chi connectivity index (χ2n) is 4.83. The van der Waals surface area contributed by atoms with Gasteiger partial charge in [0.2, 0.25) is 5.91 Å². The number of rotatable bonds is 4. The van der Waals surface area contributed by atoms with Crippen molar-refractivity contribution in [1.29, 1.82) is 0 Å². The van der Waals surface area contributed by atoms with Gasteiger partial charge in [0, 0.05) is 19.0 Å². The van der Waals surface area contributed by atoms with Gasteiger partial charge in [0.25, 0.3) is 0 Å². The summed E-state index contributed by atoms with van der Waals surface area (Å²) < 4.78 is 0. The Hall–Kier alpha value is -0.353. The van der Waals surface area contributed by atoms with Gasteiger partial charge in [-0.3, -0.25) is 4.79 Å². The zero-order valence-electron chi connectivity index (χ0n) is 9.42. The van der Waals surface area contributed by atoms with Crippen molar-refractivity contribution in [1.82, 2.24) is 4.90 Å². The van der Waals surface area contributed by atoms with E-state index in [2.05, 4.69) is 6.92 Å². The molecule has 0 aromatic carbocycles. The molecule has 1 heterocycles. The zero-order valence-corrected chi connectivity index (χ0v) is 10.4. The van der Waals surface area contributed by atoms with Crippen molar-refractivity contribution in [2.45, 2.75) is 38.9 Å². The van der Waals surface area contributed by atoms with Crippen LogP contribution in [0.15, 0.2) is 0 Å². The van der Waals surface area contributed by atoms with E-state index in [4.69, 9.17) is 0 Å². The van der Waals surface area contributed by atoms with Crippen molar-refractivity contribution in [3.63, 3.8) is 0 Å². The number of hydrogen-bond acceptors (Lipinski definition) is 2. The van der Waals surface area contributed by atoms with Crippen LogP contribution in [-0.4, -0.2) is 37.0 Å². The van der Waals surface area contributed by atoms with Crippen LogP contribution in [0, 0.1) is 5.92 Å². The van der Waals surface area contributed by atoms with E-state index < -0.39 is 8.32 Å². The lowest BCUT2D eigenvalue weighted by molar-refractivity contribution is -0.130. The summed E-state index contributed by atoms with van der Waals surface area (Å²) in [5.74, 6) is 0.370. The summed E-state index contributed by atoms with van der Waals surface area (Å²) in [6.07, 6.45) is 1.97. The summed E-state index contributed by atoms with van der Waals surface area (Å²) in [5.41, 5.74) is 0.